The Hall–Kier alpha value is -2.80. The van der Waals surface area contributed by atoms with E-state index in [0.717, 1.165) is 5.01 Å². The van der Waals surface area contributed by atoms with Crippen molar-refractivity contribution in [3.05, 3.63) is 35.9 Å². The SMILES string of the molecule is NC(=O)c1cc(-c2cccc(O)c2)[nH]c1N(N)C=O. The summed E-state index contributed by atoms with van der Waals surface area (Å²) in [5, 5.41) is 10.1. The zero-order valence-corrected chi connectivity index (χ0v) is 9.83. The lowest BCUT2D eigenvalue weighted by Crippen LogP contribution is -2.31. The summed E-state index contributed by atoms with van der Waals surface area (Å²) in [5.41, 5.74) is 6.46. The van der Waals surface area contributed by atoms with Crippen LogP contribution in [-0.2, 0) is 4.79 Å². The second-order valence-corrected chi connectivity index (χ2v) is 3.87. The maximum Gasteiger partial charge on any atom is 0.252 e. The molecule has 7 nitrogen and oxygen atoms in total. The molecule has 0 spiro atoms. The van der Waals surface area contributed by atoms with Gasteiger partial charge in [0, 0.05) is 11.3 Å². The molecule has 0 saturated carbocycles. The Morgan fingerprint density at radius 1 is 1.37 bits per heavy atom. The third-order valence-corrected chi connectivity index (χ3v) is 2.59. The fourth-order valence-corrected chi connectivity index (χ4v) is 1.72. The van der Waals surface area contributed by atoms with E-state index in [1.807, 2.05) is 0 Å². The number of hydrazine groups is 1. The normalized spacial score (nSPS) is 10.2. The number of benzene rings is 1. The molecule has 1 aromatic carbocycles. The Kier molecular flexibility index (Phi) is 3.21. The molecule has 0 atom stereocenters. The standard InChI is InChI=1S/C12H12N4O3/c13-11(19)9-5-10(15-12(9)16(14)6-17)7-2-1-3-8(18)4-7/h1-6,15,18H,14H2,(H2,13,19). The summed E-state index contributed by atoms with van der Waals surface area (Å²) >= 11 is 0. The second kappa shape index (κ2) is 4.83. The van der Waals surface area contributed by atoms with Crippen LogP contribution in [0.25, 0.3) is 11.3 Å². The van der Waals surface area contributed by atoms with E-state index >= 15 is 0 Å². The highest BCUT2D eigenvalue weighted by Gasteiger charge is 2.17. The van der Waals surface area contributed by atoms with Gasteiger partial charge in [0.2, 0.25) is 6.41 Å². The van der Waals surface area contributed by atoms with Gasteiger partial charge in [0.05, 0.1) is 5.56 Å². The molecule has 0 aliphatic rings. The van der Waals surface area contributed by atoms with Gasteiger partial charge in [0.25, 0.3) is 5.91 Å². The lowest BCUT2D eigenvalue weighted by molar-refractivity contribution is -0.107. The summed E-state index contributed by atoms with van der Waals surface area (Å²) in [6.45, 7) is 0. The van der Waals surface area contributed by atoms with Crippen molar-refractivity contribution in [2.45, 2.75) is 0 Å². The van der Waals surface area contributed by atoms with E-state index in [1.54, 1.807) is 12.1 Å². The smallest absolute Gasteiger partial charge is 0.252 e. The molecule has 0 aliphatic carbocycles. The summed E-state index contributed by atoms with van der Waals surface area (Å²) in [6, 6.07) is 7.86. The number of amides is 2. The number of hydrogen-bond acceptors (Lipinski definition) is 4. The Balaban J connectivity index is 2.54. The zero-order valence-electron chi connectivity index (χ0n) is 9.83. The number of hydrogen-bond donors (Lipinski definition) is 4. The van der Waals surface area contributed by atoms with Gasteiger partial charge in [-0.3, -0.25) is 9.59 Å². The molecule has 0 unspecified atom stereocenters. The number of nitrogens with zero attached hydrogens (tertiary/aromatic N) is 1. The molecule has 0 radical (unpaired) electrons. The third kappa shape index (κ3) is 2.40. The summed E-state index contributed by atoms with van der Waals surface area (Å²) < 4.78 is 0. The van der Waals surface area contributed by atoms with Gasteiger partial charge in [-0.05, 0) is 18.2 Å². The molecule has 98 valence electrons. The summed E-state index contributed by atoms with van der Waals surface area (Å²) in [6.07, 6.45) is 0.352. The maximum absolute atomic E-state index is 11.3. The quantitative estimate of drug-likeness (QED) is 0.273. The minimum atomic E-state index is -0.713. The number of phenolic OH excluding ortho intramolecular Hbond substituents is 1. The Bertz CT molecular complexity index is 636. The molecule has 2 amide bonds. The number of anilines is 1. The number of H-pyrrole nitrogens is 1. The first-order chi connectivity index (χ1) is 9.02. The Morgan fingerprint density at radius 3 is 2.68 bits per heavy atom. The third-order valence-electron chi connectivity index (χ3n) is 2.59. The molecule has 0 bridgehead atoms. The average Bonchev–Trinajstić information content (AvgIpc) is 2.83. The molecule has 0 fully saturated rings. The fraction of sp³-hybridized carbons (Fsp3) is 0. The summed E-state index contributed by atoms with van der Waals surface area (Å²) in [4.78, 5) is 24.8. The lowest BCUT2D eigenvalue weighted by Gasteiger charge is -2.08. The average molecular weight is 260 g/mol. The number of carbonyl (C=O) groups is 2. The van der Waals surface area contributed by atoms with Crippen molar-refractivity contribution in [2.75, 3.05) is 5.01 Å². The van der Waals surface area contributed by atoms with Crippen LogP contribution in [-0.4, -0.2) is 22.4 Å². The van der Waals surface area contributed by atoms with E-state index in [-0.39, 0.29) is 17.1 Å². The van der Waals surface area contributed by atoms with Crippen LogP contribution in [0, 0.1) is 0 Å². The van der Waals surface area contributed by atoms with Crippen LogP contribution in [0.5, 0.6) is 5.75 Å². The van der Waals surface area contributed by atoms with Crippen LogP contribution in [0.2, 0.25) is 0 Å². The molecular weight excluding hydrogens is 248 g/mol. The molecule has 1 heterocycles. The number of rotatable bonds is 4. The van der Waals surface area contributed by atoms with Gasteiger partial charge >= 0.3 is 0 Å². The first-order valence-corrected chi connectivity index (χ1v) is 5.34. The zero-order chi connectivity index (χ0) is 14.0. The molecule has 0 aliphatic heterocycles. The number of nitrogens with one attached hydrogen (secondary N) is 1. The van der Waals surface area contributed by atoms with Gasteiger partial charge in [-0.25, -0.2) is 10.9 Å². The van der Waals surface area contributed by atoms with Gasteiger partial charge in [0.15, 0.2) is 0 Å². The van der Waals surface area contributed by atoms with E-state index in [1.165, 1.54) is 18.2 Å². The number of aromatic nitrogens is 1. The molecule has 0 saturated heterocycles. The largest absolute Gasteiger partial charge is 0.508 e. The highest BCUT2D eigenvalue weighted by Crippen LogP contribution is 2.27. The van der Waals surface area contributed by atoms with Crippen LogP contribution in [0.4, 0.5) is 5.82 Å². The fourth-order valence-electron chi connectivity index (χ4n) is 1.72. The highest BCUT2D eigenvalue weighted by atomic mass is 16.3. The monoisotopic (exact) mass is 260 g/mol. The van der Waals surface area contributed by atoms with E-state index < -0.39 is 5.91 Å². The van der Waals surface area contributed by atoms with Crippen molar-refractivity contribution in [1.82, 2.24) is 4.98 Å². The van der Waals surface area contributed by atoms with Crippen LogP contribution in [0.3, 0.4) is 0 Å². The highest BCUT2D eigenvalue weighted by molar-refractivity contribution is 6.01. The maximum atomic E-state index is 11.3. The van der Waals surface area contributed by atoms with Gasteiger partial charge in [-0.1, -0.05) is 12.1 Å². The van der Waals surface area contributed by atoms with Crippen molar-refractivity contribution < 1.29 is 14.7 Å². The number of carbonyl (C=O) groups excluding carboxylic acids is 2. The van der Waals surface area contributed by atoms with Gasteiger partial charge < -0.3 is 15.8 Å². The number of aromatic hydroxyl groups is 1. The Morgan fingerprint density at radius 2 is 2.11 bits per heavy atom. The van der Waals surface area contributed by atoms with Crippen molar-refractivity contribution >= 4 is 18.1 Å². The molecule has 19 heavy (non-hydrogen) atoms. The molecular formula is C12H12N4O3. The van der Waals surface area contributed by atoms with Gasteiger partial charge in [-0.15, -0.1) is 0 Å². The second-order valence-electron chi connectivity index (χ2n) is 3.87. The lowest BCUT2D eigenvalue weighted by atomic mass is 10.1. The number of aromatic amines is 1. The van der Waals surface area contributed by atoms with Crippen molar-refractivity contribution in [3.63, 3.8) is 0 Å². The minimum absolute atomic E-state index is 0.0780. The number of phenols is 1. The van der Waals surface area contributed by atoms with E-state index in [4.69, 9.17) is 11.6 Å². The number of nitrogens with two attached hydrogens (primary N) is 2. The van der Waals surface area contributed by atoms with Crippen LogP contribution in [0.15, 0.2) is 30.3 Å². The van der Waals surface area contributed by atoms with E-state index in [2.05, 4.69) is 4.98 Å². The predicted octanol–water partition coefficient (Wildman–Crippen LogP) is 0.323. The number of primary amides is 1. The molecule has 7 heteroatoms. The van der Waals surface area contributed by atoms with Crippen molar-refractivity contribution in [1.29, 1.82) is 0 Å². The van der Waals surface area contributed by atoms with Crippen LogP contribution in [0.1, 0.15) is 10.4 Å². The predicted molar refractivity (Wildman–Crippen MR) is 69.1 cm³/mol. The summed E-state index contributed by atoms with van der Waals surface area (Å²) in [5.74, 6) is 4.89. The van der Waals surface area contributed by atoms with E-state index in [0.29, 0.717) is 17.7 Å². The van der Waals surface area contributed by atoms with Crippen LogP contribution >= 0.6 is 0 Å². The summed E-state index contributed by atoms with van der Waals surface area (Å²) in [7, 11) is 0. The van der Waals surface area contributed by atoms with Crippen LogP contribution < -0.4 is 16.6 Å². The molecule has 2 rings (SSSR count). The van der Waals surface area contributed by atoms with Gasteiger partial charge in [0.1, 0.15) is 11.6 Å². The Labute approximate surface area is 108 Å². The van der Waals surface area contributed by atoms with Crippen molar-refractivity contribution in [3.8, 4) is 17.0 Å². The molecule has 6 N–H and O–H groups in total. The molecule has 2 aromatic rings. The first kappa shape index (κ1) is 12.7. The first-order valence-electron chi connectivity index (χ1n) is 5.34. The van der Waals surface area contributed by atoms with Gasteiger partial charge in [-0.2, -0.15) is 0 Å². The van der Waals surface area contributed by atoms with E-state index in [9.17, 15) is 14.7 Å². The minimum Gasteiger partial charge on any atom is -0.508 e. The molecule has 1 aromatic heterocycles. The topological polar surface area (TPSA) is 125 Å². The van der Waals surface area contributed by atoms with Crippen molar-refractivity contribution in [2.24, 2.45) is 11.6 Å².